The van der Waals surface area contributed by atoms with Crippen molar-refractivity contribution >= 4 is 27.9 Å². The third-order valence-corrected chi connectivity index (χ3v) is 6.18. The van der Waals surface area contributed by atoms with E-state index in [1.807, 2.05) is 0 Å². The Morgan fingerprint density at radius 1 is 1.09 bits per heavy atom. The Kier molecular flexibility index (Phi) is 7.61. The van der Waals surface area contributed by atoms with Gasteiger partial charge in [-0.05, 0) is 36.8 Å². The molecule has 1 amide bonds. The van der Waals surface area contributed by atoms with Gasteiger partial charge in [0.1, 0.15) is 17.4 Å². The number of unbranched alkanes of at least 4 members (excludes halogenated alkanes) is 1. The Bertz CT molecular complexity index is 1400. The van der Waals surface area contributed by atoms with E-state index in [4.69, 9.17) is 14.2 Å². The van der Waals surface area contributed by atoms with Crippen molar-refractivity contribution in [2.75, 3.05) is 19.5 Å². The summed E-state index contributed by atoms with van der Waals surface area (Å²) >= 11 is 1.42. The first-order valence-electron chi connectivity index (χ1n) is 11.2. The number of hydrogen-bond donors (Lipinski definition) is 1. The zero-order valence-electron chi connectivity index (χ0n) is 19.7. The number of amides is 1. The van der Waals surface area contributed by atoms with Gasteiger partial charge in [-0.3, -0.25) is 9.59 Å². The van der Waals surface area contributed by atoms with Gasteiger partial charge in [0.2, 0.25) is 4.96 Å². The molecule has 0 atom stereocenters. The second-order valence-electron chi connectivity index (χ2n) is 7.72. The Labute approximate surface area is 206 Å². The van der Waals surface area contributed by atoms with Crippen LogP contribution in [0.4, 0.5) is 5.69 Å². The molecule has 0 unspecified atom stereocenters. The van der Waals surface area contributed by atoms with Crippen LogP contribution in [-0.2, 0) is 13.0 Å². The molecule has 4 rings (SSSR count). The van der Waals surface area contributed by atoms with Crippen LogP contribution < -0.4 is 25.1 Å². The highest BCUT2D eigenvalue weighted by Gasteiger charge is 2.12. The number of ether oxygens (including phenoxy) is 3. The van der Waals surface area contributed by atoms with E-state index in [-0.39, 0.29) is 18.1 Å². The minimum atomic E-state index is -0.299. The lowest BCUT2D eigenvalue weighted by Gasteiger charge is -2.11. The highest BCUT2D eigenvalue weighted by atomic mass is 32.1. The number of hydrogen-bond acceptors (Lipinski definition) is 8. The number of rotatable bonds is 10. The highest BCUT2D eigenvalue weighted by molar-refractivity contribution is 7.16. The van der Waals surface area contributed by atoms with Crippen molar-refractivity contribution in [1.82, 2.24) is 14.6 Å². The maximum absolute atomic E-state index is 12.7. The van der Waals surface area contributed by atoms with Crippen LogP contribution >= 0.6 is 11.3 Å². The molecule has 2 heterocycles. The number of fused-ring (bicyclic) bond motifs is 1. The lowest BCUT2D eigenvalue weighted by molar-refractivity contribution is 0.102. The molecule has 0 spiro atoms. The first-order chi connectivity index (χ1) is 17.0. The van der Waals surface area contributed by atoms with Gasteiger partial charge in [0.05, 0.1) is 19.9 Å². The lowest BCUT2D eigenvalue weighted by atomic mass is 10.2. The third kappa shape index (κ3) is 5.78. The van der Waals surface area contributed by atoms with Crippen molar-refractivity contribution in [3.8, 4) is 17.2 Å². The number of nitrogens with zero attached hydrogens (tertiary/aromatic N) is 3. The van der Waals surface area contributed by atoms with Crippen LogP contribution in [-0.4, -0.2) is 34.7 Å². The number of carbonyl (C=O) groups is 1. The summed E-state index contributed by atoms with van der Waals surface area (Å²) in [7, 11) is 3.05. The van der Waals surface area contributed by atoms with Crippen molar-refractivity contribution < 1.29 is 19.0 Å². The zero-order valence-corrected chi connectivity index (χ0v) is 20.6. The largest absolute Gasteiger partial charge is 0.493 e. The van der Waals surface area contributed by atoms with Crippen LogP contribution in [0.5, 0.6) is 17.2 Å². The summed E-state index contributed by atoms with van der Waals surface area (Å²) in [5, 5.41) is 8.10. The van der Waals surface area contributed by atoms with E-state index >= 15 is 0 Å². The third-order valence-electron chi connectivity index (χ3n) is 5.21. The monoisotopic (exact) mass is 494 g/mol. The van der Waals surface area contributed by atoms with Gasteiger partial charge in [0.25, 0.3) is 11.5 Å². The molecule has 0 bridgehead atoms. The molecule has 0 aliphatic carbocycles. The van der Waals surface area contributed by atoms with Crippen molar-refractivity contribution in [2.45, 2.75) is 32.8 Å². The molecular weight excluding hydrogens is 468 g/mol. The number of aryl methyl sites for hydroxylation is 1. The zero-order chi connectivity index (χ0) is 24.8. The normalized spacial score (nSPS) is 10.8. The number of carbonyl (C=O) groups excluding carboxylic acids is 1. The van der Waals surface area contributed by atoms with Gasteiger partial charge >= 0.3 is 0 Å². The molecule has 0 saturated carbocycles. The molecule has 35 heavy (non-hydrogen) atoms. The summed E-state index contributed by atoms with van der Waals surface area (Å²) in [6.45, 7) is 2.23. The van der Waals surface area contributed by atoms with Crippen LogP contribution in [0.15, 0.2) is 53.3 Å². The second kappa shape index (κ2) is 11.0. The van der Waals surface area contributed by atoms with Gasteiger partial charge < -0.3 is 19.5 Å². The van der Waals surface area contributed by atoms with E-state index < -0.39 is 0 Å². The van der Waals surface area contributed by atoms with Gasteiger partial charge in [-0.1, -0.05) is 30.7 Å². The van der Waals surface area contributed by atoms with Crippen molar-refractivity contribution in [3.05, 3.63) is 75.1 Å². The first kappa shape index (κ1) is 24.2. The predicted molar refractivity (Wildman–Crippen MR) is 134 cm³/mol. The fourth-order valence-corrected chi connectivity index (χ4v) is 4.36. The van der Waals surface area contributed by atoms with E-state index in [9.17, 15) is 9.59 Å². The Morgan fingerprint density at radius 2 is 1.91 bits per heavy atom. The topological polar surface area (TPSA) is 104 Å². The quantitative estimate of drug-likeness (QED) is 0.350. The highest BCUT2D eigenvalue weighted by Crippen LogP contribution is 2.28. The molecule has 2 aromatic heterocycles. The average molecular weight is 495 g/mol. The van der Waals surface area contributed by atoms with Gasteiger partial charge in [0.15, 0.2) is 11.5 Å². The molecule has 1 N–H and O–H groups in total. The molecule has 9 nitrogen and oxygen atoms in total. The number of methoxy groups -OCH3 is 2. The Morgan fingerprint density at radius 3 is 2.69 bits per heavy atom. The summed E-state index contributed by atoms with van der Waals surface area (Å²) in [6.07, 6.45) is 2.91. The van der Waals surface area contributed by atoms with Gasteiger partial charge in [0, 0.05) is 29.8 Å². The van der Waals surface area contributed by atoms with Crippen LogP contribution in [0.1, 0.15) is 40.8 Å². The van der Waals surface area contributed by atoms with Gasteiger partial charge in [-0.2, -0.15) is 9.61 Å². The van der Waals surface area contributed by atoms with Crippen molar-refractivity contribution in [2.24, 2.45) is 0 Å². The van der Waals surface area contributed by atoms with Crippen molar-refractivity contribution in [1.29, 1.82) is 0 Å². The van der Waals surface area contributed by atoms with Gasteiger partial charge in [-0.25, -0.2) is 4.98 Å². The van der Waals surface area contributed by atoms with Crippen LogP contribution in [0, 0.1) is 0 Å². The minimum absolute atomic E-state index is 0.112. The predicted octanol–water partition coefficient (Wildman–Crippen LogP) is 4.34. The first-order valence-corrected chi connectivity index (χ1v) is 12.0. The summed E-state index contributed by atoms with van der Waals surface area (Å²) in [5.41, 5.74) is 1.27. The molecule has 182 valence electrons. The molecular formula is C25H26N4O5S. The lowest BCUT2D eigenvalue weighted by Crippen LogP contribution is -2.16. The summed E-state index contributed by atoms with van der Waals surface area (Å²) in [5.74, 6) is 1.25. The summed E-state index contributed by atoms with van der Waals surface area (Å²) in [4.78, 5) is 30.2. The smallest absolute Gasteiger partial charge is 0.275 e. The fraction of sp³-hybridized carbons (Fsp3) is 0.280. The molecule has 0 aliphatic heterocycles. The molecule has 0 saturated heterocycles. The summed E-state index contributed by atoms with van der Waals surface area (Å²) in [6, 6.07) is 13.4. The SMILES string of the molecule is CCCCc1nn2c(=O)cc(COc3cccc(NC(=O)c4ccc(OC)c(OC)c4)c3)nc2s1. The number of aromatic nitrogens is 3. The summed E-state index contributed by atoms with van der Waals surface area (Å²) < 4.78 is 17.7. The number of nitrogens with one attached hydrogen (secondary N) is 1. The standard InChI is InChI=1S/C25H26N4O5S/c1-4-5-9-22-28-29-23(30)14-18(27-25(29)35-22)15-34-19-8-6-7-17(13-19)26-24(31)16-10-11-20(32-2)21(12-16)33-3/h6-8,10-14H,4-5,9,15H2,1-3H3,(H,26,31). The van der Waals surface area contributed by atoms with Crippen LogP contribution in [0.25, 0.3) is 4.96 Å². The molecule has 0 fully saturated rings. The maximum atomic E-state index is 12.7. The second-order valence-corrected chi connectivity index (χ2v) is 8.76. The van der Waals surface area contributed by atoms with E-state index in [0.717, 1.165) is 24.3 Å². The van der Waals surface area contributed by atoms with Crippen LogP contribution in [0.3, 0.4) is 0 Å². The number of benzene rings is 2. The number of anilines is 1. The minimum Gasteiger partial charge on any atom is -0.493 e. The Hall–Kier alpha value is -3.92. The molecule has 4 aromatic rings. The van der Waals surface area contributed by atoms with Crippen LogP contribution in [0.2, 0.25) is 0 Å². The maximum Gasteiger partial charge on any atom is 0.275 e. The molecule has 0 radical (unpaired) electrons. The van der Waals surface area contributed by atoms with E-state index in [1.165, 1.54) is 36.1 Å². The molecule has 0 aliphatic rings. The fourth-order valence-electron chi connectivity index (χ4n) is 3.40. The Balaban J connectivity index is 1.43. The average Bonchev–Trinajstić information content (AvgIpc) is 3.29. The van der Waals surface area contributed by atoms with E-state index in [2.05, 4.69) is 22.3 Å². The molecule has 2 aromatic carbocycles. The van der Waals surface area contributed by atoms with E-state index in [0.29, 0.717) is 39.2 Å². The van der Waals surface area contributed by atoms with E-state index in [1.54, 1.807) is 42.5 Å². The van der Waals surface area contributed by atoms with Crippen molar-refractivity contribution in [3.63, 3.8) is 0 Å². The van der Waals surface area contributed by atoms with Gasteiger partial charge in [-0.15, -0.1) is 0 Å². The molecule has 10 heteroatoms.